The molecule has 0 radical (unpaired) electrons. The Bertz CT molecular complexity index is 610. The maximum atomic E-state index is 12.9. The van der Waals surface area contributed by atoms with E-state index < -0.39 is 13.4 Å². The van der Waals surface area contributed by atoms with Crippen LogP contribution in [0.3, 0.4) is 0 Å². The zero-order chi connectivity index (χ0) is 16.0. The summed E-state index contributed by atoms with van der Waals surface area (Å²) in [6.45, 7) is 2.03. The van der Waals surface area contributed by atoms with Crippen molar-refractivity contribution in [2.24, 2.45) is 0 Å². The van der Waals surface area contributed by atoms with Gasteiger partial charge < -0.3 is 9.05 Å². The standard InChI is InChI=1S/C17H22NO3P/c1-14(15-10-6-4-7-11-15)18-17(22(19,20-2)21-3)16-12-8-5-9-13-16/h4-14,17-18H,1-3H3/t14-,17+/m0/s1. The molecule has 2 aromatic carbocycles. The van der Waals surface area contributed by atoms with E-state index in [1.54, 1.807) is 0 Å². The van der Waals surface area contributed by atoms with Crippen molar-refractivity contribution in [1.82, 2.24) is 5.32 Å². The zero-order valence-electron chi connectivity index (χ0n) is 13.1. The second kappa shape index (κ2) is 7.70. The van der Waals surface area contributed by atoms with Gasteiger partial charge in [0.25, 0.3) is 0 Å². The molecule has 0 aromatic heterocycles. The molecule has 0 unspecified atom stereocenters. The monoisotopic (exact) mass is 319 g/mol. The Hall–Kier alpha value is -1.45. The molecule has 0 heterocycles. The van der Waals surface area contributed by atoms with Gasteiger partial charge in [-0.2, -0.15) is 0 Å². The molecular formula is C17H22NO3P. The molecule has 0 aliphatic heterocycles. The lowest BCUT2D eigenvalue weighted by Gasteiger charge is -2.28. The Morgan fingerprint density at radius 3 is 1.77 bits per heavy atom. The largest absolute Gasteiger partial charge is 0.351 e. The maximum absolute atomic E-state index is 12.9. The Kier molecular flexibility index (Phi) is 5.92. The molecule has 0 fully saturated rings. The summed E-state index contributed by atoms with van der Waals surface area (Å²) in [5, 5.41) is 3.38. The van der Waals surface area contributed by atoms with Crippen LogP contribution in [0.1, 0.15) is 29.9 Å². The molecule has 0 aliphatic rings. The highest BCUT2D eigenvalue weighted by Crippen LogP contribution is 2.59. The molecule has 2 rings (SSSR count). The first kappa shape index (κ1) is 16.9. The fraction of sp³-hybridized carbons (Fsp3) is 0.294. The van der Waals surface area contributed by atoms with Crippen LogP contribution in [0.4, 0.5) is 0 Å². The maximum Gasteiger partial charge on any atom is 0.351 e. The summed E-state index contributed by atoms with van der Waals surface area (Å²) in [6.07, 6.45) is 0. The first-order valence-electron chi connectivity index (χ1n) is 7.18. The molecule has 2 atom stereocenters. The smallest absolute Gasteiger partial charge is 0.311 e. The van der Waals surface area contributed by atoms with Gasteiger partial charge in [-0.1, -0.05) is 60.7 Å². The van der Waals surface area contributed by atoms with Crippen LogP contribution in [-0.2, 0) is 13.6 Å². The van der Waals surface area contributed by atoms with E-state index in [1.807, 2.05) is 67.6 Å². The fourth-order valence-electron chi connectivity index (χ4n) is 2.37. The Labute approximate surface area is 132 Å². The zero-order valence-corrected chi connectivity index (χ0v) is 14.0. The predicted octanol–water partition coefficient (Wildman–Crippen LogP) is 4.52. The minimum Gasteiger partial charge on any atom is -0.311 e. The summed E-state index contributed by atoms with van der Waals surface area (Å²) in [5.74, 6) is -0.529. The van der Waals surface area contributed by atoms with E-state index in [-0.39, 0.29) is 6.04 Å². The molecule has 0 aliphatic carbocycles. The van der Waals surface area contributed by atoms with E-state index in [0.717, 1.165) is 11.1 Å². The molecule has 0 amide bonds. The number of rotatable bonds is 7. The fourth-order valence-corrected chi connectivity index (χ4v) is 3.88. The third-order valence-electron chi connectivity index (χ3n) is 3.65. The van der Waals surface area contributed by atoms with E-state index in [2.05, 4.69) is 5.32 Å². The average Bonchev–Trinajstić information content (AvgIpc) is 2.60. The molecule has 22 heavy (non-hydrogen) atoms. The average molecular weight is 319 g/mol. The molecule has 4 nitrogen and oxygen atoms in total. The summed E-state index contributed by atoms with van der Waals surface area (Å²) in [6, 6.07) is 19.6. The molecule has 1 N–H and O–H groups in total. The van der Waals surface area contributed by atoms with Crippen molar-refractivity contribution < 1.29 is 13.6 Å². The number of hydrogen-bond acceptors (Lipinski definition) is 4. The van der Waals surface area contributed by atoms with Crippen LogP contribution in [0.5, 0.6) is 0 Å². The summed E-state index contributed by atoms with van der Waals surface area (Å²) < 4.78 is 23.3. The van der Waals surface area contributed by atoms with Gasteiger partial charge in [0.2, 0.25) is 0 Å². The third-order valence-corrected chi connectivity index (χ3v) is 5.75. The van der Waals surface area contributed by atoms with Crippen LogP contribution >= 0.6 is 7.60 Å². The molecular weight excluding hydrogens is 297 g/mol. The molecule has 0 spiro atoms. The molecule has 2 aromatic rings. The van der Waals surface area contributed by atoms with Crippen molar-refractivity contribution in [3.63, 3.8) is 0 Å². The molecule has 0 saturated carbocycles. The third kappa shape index (κ3) is 3.84. The van der Waals surface area contributed by atoms with E-state index in [4.69, 9.17) is 9.05 Å². The molecule has 0 saturated heterocycles. The number of hydrogen-bond donors (Lipinski definition) is 1. The van der Waals surface area contributed by atoms with E-state index in [0.29, 0.717) is 0 Å². The normalized spacial score (nSPS) is 14.5. The Balaban J connectivity index is 2.31. The van der Waals surface area contributed by atoms with Gasteiger partial charge in [-0.15, -0.1) is 0 Å². The van der Waals surface area contributed by atoms with Crippen molar-refractivity contribution in [2.45, 2.75) is 18.7 Å². The van der Waals surface area contributed by atoms with Crippen molar-refractivity contribution >= 4 is 7.60 Å². The van der Waals surface area contributed by atoms with Crippen LogP contribution in [0.25, 0.3) is 0 Å². The van der Waals surface area contributed by atoms with Crippen molar-refractivity contribution in [3.8, 4) is 0 Å². The van der Waals surface area contributed by atoms with E-state index in [1.165, 1.54) is 14.2 Å². The van der Waals surface area contributed by atoms with Crippen molar-refractivity contribution in [2.75, 3.05) is 14.2 Å². The Morgan fingerprint density at radius 2 is 1.32 bits per heavy atom. The SMILES string of the molecule is COP(=O)(OC)[C@@H](N[C@@H](C)c1ccccc1)c1ccccc1. The van der Waals surface area contributed by atoms with Gasteiger partial charge in [0.1, 0.15) is 5.78 Å². The minimum atomic E-state index is -3.30. The number of benzene rings is 2. The topological polar surface area (TPSA) is 47.6 Å². The van der Waals surface area contributed by atoms with Gasteiger partial charge in [0, 0.05) is 20.3 Å². The van der Waals surface area contributed by atoms with Crippen molar-refractivity contribution in [3.05, 3.63) is 71.8 Å². The van der Waals surface area contributed by atoms with Crippen LogP contribution < -0.4 is 5.32 Å². The van der Waals surface area contributed by atoms with Gasteiger partial charge in [-0.05, 0) is 18.1 Å². The van der Waals surface area contributed by atoms with Gasteiger partial charge >= 0.3 is 7.60 Å². The number of nitrogens with one attached hydrogen (secondary N) is 1. The molecule has 5 heteroatoms. The van der Waals surface area contributed by atoms with Gasteiger partial charge in [-0.25, -0.2) is 0 Å². The van der Waals surface area contributed by atoms with Crippen LogP contribution in [-0.4, -0.2) is 14.2 Å². The lowest BCUT2D eigenvalue weighted by molar-refractivity contribution is 0.256. The minimum absolute atomic E-state index is 0.00466. The van der Waals surface area contributed by atoms with Crippen LogP contribution in [0.2, 0.25) is 0 Å². The van der Waals surface area contributed by atoms with Crippen molar-refractivity contribution in [1.29, 1.82) is 0 Å². The summed E-state index contributed by atoms with van der Waals surface area (Å²) in [7, 11) is -0.475. The molecule has 118 valence electrons. The Morgan fingerprint density at radius 1 is 0.864 bits per heavy atom. The van der Waals surface area contributed by atoms with Gasteiger partial charge in [-0.3, -0.25) is 9.88 Å². The van der Waals surface area contributed by atoms with Gasteiger partial charge in [0.15, 0.2) is 0 Å². The van der Waals surface area contributed by atoms with Crippen LogP contribution in [0, 0.1) is 0 Å². The highest BCUT2D eigenvalue weighted by Gasteiger charge is 2.36. The van der Waals surface area contributed by atoms with E-state index >= 15 is 0 Å². The lowest BCUT2D eigenvalue weighted by atomic mass is 10.1. The second-order valence-corrected chi connectivity index (χ2v) is 7.34. The first-order valence-corrected chi connectivity index (χ1v) is 8.79. The highest BCUT2D eigenvalue weighted by molar-refractivity contribution is 7.54. The quantitative estimate of drug-likeness (QED) is 0.762. The predicted molar refractivity (Wildman–Crippen MR) is 88.8 cm³/mol. The van der Waals surface area contributed by atoms with Gasteiger partial charge in [0.05, 0.1) is 0 Å². The summed E-state index contributed by atoms with van der Waals surface area (Å²) >= 11 is 0. The van der Waals surface area contributed by atoms with E-state index in [9.17, 15) is 4.57 Å². The first-order chi connectivity index (χ1) is 10.6. The van der Waals surface area contributed by atoms with Crippen LogP contribution in [0.15, 0.2) is 60.7 Å². The second-order valence-electron chi connectivity index (χ2n) is 5.02. The summed E-state index contributed by atoms with van der Waals surface area (Å²) in [4.78, 5) is 0. The highest BCUT2D eigenvalue weighted by atomic mass is 31.2. The lowest BCUT2D eigenvalue weighted by Crippen LogP contribution is -2.25. The summed E-state index contributed by atoms with van der Waals surface area (Å²) in [5.41, 5.74) is 1.99. The molecule has 0 bridgehead atoms.